The third-order valence-electron chi connectivity index (χ3n) is 3.23. The molecule has 6 heteroatoms. The third kappa shape index (κ3) is 10.1. The van der Waals surface area contributed by atoms with Gasteiger partial charge in [-0.2, -0.15) is 0 Å². The predicted molar refractivity (Wildman–Crippen MR) is 86.7 cm³/mol. The third-order valence-corrected chi connectivity index (χ3v) is 3.23. The summed E-state index contributed by atoms with van der Waals surface area (Å²) in [4.78, 5) is 11.4. The zero-order chi connectivity index (χ0) is 17.2. The molecule has 1 atom stereocenters. The Morgan fingerprint density at radius 2 is 1.77 bits per heavy atom. The van der Waals surface area contributed by atoms with Gasteiger partial charge in [0, 0.05) is 18.5 Å². The van der Waals surface area contributed by atoms with Crippen LogP contribution in [0.4, 0.5) is 4.39 Å². The van der Waals surface area contributed by atoms with Crippen LogP contribution >= 0.6 is 0 Å². The first-order valence-electron chi connectivity index (χ1n) is 8.03. The number of hydrogen-bond donors (Lipinski definition) is 2. The summed E-state index contributed by atoms with van der Waals surface area (Å²) in [6.07, 6.45) is -1.27. The molecule has 0 saturated heterocycles. The Bertz CT molecular complexity index is 310. The SMILES string of the molecule is CC(C)NCCOCCOC(C)(C)C(F)CNC(=O)C(C)C. The fraction of sp³-hybridized carbons (Fsp3) is 0.938. The summed E-state index contributed by atoms with van der Waals surface area (Å²) in [6, 6.07) is 0.437. The molecular formula is C16H33FN2O3. The number of ether oxygens (including phenoxy) is 2. The summed E-state index contributed by atoms with van der Waals surface area (Å²) in [5, 5.41) is 5.82. The van der Waals surface area contributed by atoms with Gasteiger partial charge in [-0.15, -0.1) is 0 Å². The van der Waals surface area contributed by atoms with Gasteiger partial charge in [0.15, 0.2) is 0 Å². The summed E-state index contributed by atoms with van der Waals surface area (Å²) in [5.41, 5.74) is -0.955. The molecule has 0 aromatic carbocycles. The van der Waals surface area contributed by atoms with E-state index in [4.69, 9.17) is 9.47 Å². The molecule has 0 aliphatic rings. The first-order valence-corrected chi connectivity index (χ1v) is 8.03. The van der Waals surface area contributed by atoms with Gasteiger partial charge in [-0.1, -0.05) is 27.7 Å². The number of amides is 1. The molecule has 0 aromatic heterocycles. The molecular weight excluding hydrogens is 287 g/mol. The van der Waals surface area contributed by atoms with E-state index in [1.165, 1.54) is 0 Å². The average molecular weight is 320 g/mol. The highest BCUT2D eigenvalue weighted by Crippen LogP contribution is 2.17. The Balaban J connectivity index is 3.81. The molecule has 0 radical (unpaired) electrons. The Labute approximate surface area is 134 Å². The van der Waals surface area contributed by atoms with Crippen LogP contribution in [0, 0.1) is 5.92 Å². The minimum absolute atomic E-state index is 0.0385. The lowest BCUT2D eigenvalue weighted by molar-refractivity contribution is -0.125. The second-order valence-corrected chi connectivity index (χ2v) is 6.54. The number of rotatable bonds is 12. The molecule has 5 nitrogen and oxygen atoms in total. The lowest BCUT2D eigenvalue weighted by atomic mass is 10.0. The van der Waals surface area contributed by atoms with Gasteiger partial charge in [0.2, 0.25) is 5.91 Å². The van der Waals surface area contributed by atoms with Crippen LogP contribution in [0.15, 0.2) is 0 Å². The molecule has 1 unspecified atom stereocenters. The van der Waals surface area contributed by atoms with Crippen LogP contribution in [0.5, 0.6) is 0 Å². The Morgan fingerprint density at radius 3 is 2.32 bits per heavy atom. The molecule has 0 rings (SSSR count). The fourth-order valence-corrected chi connectivity index (χ4v) is 1.62. The number of carbonyl (C=O) groups excluding carboxylic acids is 1. The minimum Gasteiger partial charge on any atom is -0.378 e. The van der Waals surface area contributed by atoms with Gasteiger partial charge in [-0.3, -0.25) is 4.79 Å². The van der Waals surface area contributed by atoms with Gasteiger partial charge in [-0.25, -0.2) is 4.39 Å². The van der Waals surface area contributed by atoms with Crippen LogP contribution in [0.2, 0.25) is 0 Å². The van der Waals surface area contributed by atoms with E-state index in [0.717, 1.165) is 6.54 Å². The monoisotopic (exact) mass is 320 g/mol. The molecule has 22 heavy (non-hydrogen) atoms. The first kappa shape index (κ1) is 21.3. The maximum Gasteiger partial charge on any atom is 0.222 e. The predicted octanol–water partition coefficient (Wildman–Crippen LogP) is 1.91. The lowest BCUT2D eigenvalue weighted by Gasteiger charge is -2.29. The van der Waals surface area contributed by atoms with E-state index in [-0.39, 0.29) is 18.4 Å². The quantitative estimate of drug-likeness (QED) is 0.539. The van der Waals surface area contributed by atoms with E-state index < -0.39 is 11.8 Å². The van der Waals surface area contributed by atoms with Crippen molar-refractivity contribution in [2.75, 3.05) is 32.9 Å². The molecule has 0 aliphatic carbocycles. The summed E-state index contributed by atoms with van der Waals surface area (Å²) in [7, 11) is 0. The van der Waals surface area contributed by atoms with Crippen molar-refractivity contribution in [2.45, 2.75) is 59.4 Å². The Hall–Kier alpha value is -0.720. The van der Waals surface area contributed by atoms with Gasteiger partial charge >= 0.3 is 0 Å². The standard InChI is InChI=1S/C16H33FN2O3/c1-12(2)15(20)19-11-14(17)16(5,6)22-10-9-21-8-7-18-13(3)4/h12-14,18H,7-11H2,1-6H3,(H,19,20). The van der Waals surface area contributed by atoms with Gasteiger partial charge in [0.05, 0.1) is 32.0 Å². The number of hydrogen-bond acceptors (Lipinski definition) is 4. The van der Waals surface area contributed by atoms with Gasteiger partial charge < -0.3 is 20.1 Å². The topological polar surface area (TPSA) is 59.6 Å². The van der Waals surface area contributed by atoms with Crippen LogP contribution in [0.1, 0.15) is 41.5 Å². The van der Waals surface area contributed by atoms with Crippen LogP contribution in [-0.4, -0.2) is 56.6 Å². The van der Waals surface area contributed by atoms with Crippen molar-refractivity contribution in [2.24, 2.45) is 5.92 Å². The van der Waals surface area contributed by atoms with E-state index >= 15 is 0 Å². The van der Waals surface area contributed by atoms with Crippen LogP contribution in [0.25, 0.3) is 0 Å². The summed E-state index contributed by atoms with van der Waals surface area (Å²) >= 11 is 0. The zero-order valence-corrected chi connectivity index (χ0v) is 14.9. The van der Waals surface area contributed by atoms with Crippen molar-refractivity contribution in [3.05, 3.63) is 0 Å². The summed E-state index contributed by atoms with van der Waals surface area (Å²) in [6.45, 7) is 13.2. The van der Waals surface area contributed by atoms with Crippen molar-refractivity contribution in [1.29, 1.82) is 0 Å². The highest BCUT2D eigenvalue weighted by Gasteiger charge is 2.30. The minimum atomic E-state index is -1.27. The second kappa shape index (κ2) is 10.9. The molecule has 1 amide bonds. The number of halogens is 1. The maximum absolute atomic E-state index is 14.1. The van der Waals surface area contributed by atoms with Crippen molar-refractivity contribution in [1.82, 2.24) is 10.6 Å². The van der Waals surface area contributed by atoms with Crippen LogP contribution in [0.3, 0.4) is 0 Å². The molecule has 2 N–H and O–H groups in total. The van der Waals surface area contributed by atoms with Gasteiger partial charge in [-0.05, 0) is 13.8 Å². The van der Waals surface area contributed by atoms with E-state index in [2.05, 4.69) is 24.5 Å². The Kier molecular flexibility index (Phi) is 10.6. The molecule has 0 heterocycles. The molecule has 0 aliphatic heterocycles. The van der Waals surface area contributed by atoms with Crippen molar-refractivity contribution >= 4 is 5.91 Å². The van der Waals surface area contributed by atoms with Crippen LogP contribution in [-0.2, 0) is 14.3 Å². The molecule has 0 saturated carbocycles. The average Bonchev–Trinajstić information content (AvgIpc) is 2.42. The van der Waals surface area contributed by atoms with Crippen molar-refractivity contribution < 1.29 is 18.7 Å². The largest absolute Gasteiger partial charge is 0.378 e. The summed E-state index contributed by atoms with van der Waals surface area (Å²) in [5.74, 6) is -0.302. The number of nitrogens with one attached hydrogen (secondary N) is 2. The van der Waals surface area contributed by atoms with E-state index in [0.29, 0.717) is 25.9 Å². The van der Waals surface area contributed by atoms with Crippen molar-refractivity contribution in [3.63, 3.8) is 0 Å². The van der Waals surface area contributed by atoms with E-state index in [1.807, 2.05) is 0 Å². The highest BCUT2D eigenvalue weighted by molar-refractivity contribution is 5.77. The van der Waals surface area contributed by atoms with Crippen molar-refractivity contribution in [3.8, 4) is 0 Å². The molecule has 0 bridgehead atoms. The molecule has 0 aromatic rings. The highest BCUT2D eigenvalue weighted by atomic mass is 19.1. The number of alkyl halides is 1. The fourth-order valence-electron chi connectivity index (χ4n) is 1.62. The van der Waals surface area contributed by atoms with E-state index in [9.17, 15) is 9.18 Å². The molecule has 0 fully saturated rings. The van der Waals surface area contributed by atoms with E-state index in [1.54, 1.807) is 27.7 Å². The van der Waals surface area contributed by atoms with Gasteiger partial charge in [0.25, 0.3) is 0 Å². The van der Waals surface area contributed by atoms with Crippen LogP contribution < -0.4 is 10.6 Å². The lowest BCUT2D eigenvalue weighted by Crippen LogP contribution is -2.45. The maximum atomic E-state index is 14.1. The smallest absolute Gasteiger partial charge is 0.222 e. The zero-order valence-electron chi connectivity index (χ0n) is 14.9. The second-order valence-electron chi connectivity index (χ2n) is 6.54. The summed E-state index contributed by atoms with van der Waals surface area (Å²) < 4.78 is 25.1. The Morgan fingerprint density at radius 1 is 1.14 bits per heavy atom. The number of carbonyl (C=O) groups is 1. The van der Waals surface area contributed by atoms with Gasteiger partial charge in [0.1, 0.15) is 6.17 Å². The normalized spacial score (nSPS) is 13.7. The molecule has 132 valence electrons. The molecule has 0 spiro atoms. The first-order chi connectivity index (χ1) is 10.2.